The highest BCUT2D eigenvalue weighted by molar-refractivity contribution is 5.85. The Morgan fingerprint density at radius 2 is 2.40 bits per heavy atom. The molecule has 0 bridgehead atoms. The first kappa shape index (κ1) is 12.2. The molecule has 1 rings (SSSR count). The van der Waals surface area contributed by atoms with Crippen molar-refractivity contribution in [2.24, 2.45) is 5.92 Å². The third kappa shape index (κ3) is 4.01. The molecule has 1 fully saturated rings. The molecule has 86 valence electrons. The molecule has 1 aliphatic rings. The van der Waals surface area contributed by atoms with E-state index in [1.807, 2.05) is 0 Å². The molecule has 0 saturated carbocycles. The van der Waals surface area contributed by atoms with Gasteiger partial charge in [0.15, 0.2) is 0 Å². The Kier molecular flexibility index (Phi) is 4.78. The standard InChI is InChI=1S/C11H19NO3/c1-8(11(13)14)3-5-12-7-10-4-6-15-9(10)2/h3,9-10,12H,4-7H2,1-2H3,(H,13,14)/b8-3-. The van der Waals surface area contributed by atoms with Crippen LogP contribution in [0.1, 0.15) is 20.3 Å². The van der Waals surface area contributed by atoms with Gasteiger partial charge in [0.2, 0.25) is 0 Å². The summed E-state index contributed by atoms with van der Waals surface area (Å²) in [5.41, 5.74) is 0.387. The molecule has 2 unspecified atom stereocenters. The zero-order chi connectivity index (χ0) is 11.3. The molecule has 0 radical (unpaired) electrons. The number of hydrogen-bond donors (Lipinski definition) is 2. The third-order valence-electron chi connectivity index (χ3n) is 2.83. The van der Waals surface area contributed by atoms with Crippen LogP contribution >= 0.6 is 0 Å². The monoisotopic (exact) mass is 213 g/mol. The highest BCUT2D eigenvalue weighted by atomic mass is 16.5. The molecule has 1 saturated heterocycles. The molecule has 2 atom stereocenters. The van der Waals surface area contributed by atoms with Crippen molar-refractivity contribution in [3.8, 4) is 0 Å². The average molecular weight is 213 g/mol. The van der Waals surface area contributed by atoms with Crippen molar-refractivity contribution in [1.82, 2.24) is 5.32 Å². The maximum Gasteiger partial charge on any atom is 0.330 e. The highest BCUT2D eigenvalue weighted by Gasteiger charge is 2.23. The van der Waals surface area contributed by atoms with E-state index in [1.54, 1.807) is 13.0 Å². The topological polar surface area (TPSA) is 58.6 Å². The average Bonchev–Trinajstić information content (AvgIpc) is 2.58. The summed E-state index contributed by atoms with van der Waals surface area (Å²) in [7, 11) is 0. The number of ether oxygens (including phenoxy) is 1. The Bertz CT molecular complexity index is 250. The molecule has 1 heterocycles. The van der Waals surface area contributed by atoms with Crippen molar-refractivity contribution in [1.29, 1.82) is 0 Å². The maximum absolute atomic E-state index is 10.5. The molecule has 1 aliphatic heterocycles. The molecule has 0 aromatic heterocycles. The van der Waals surface area contributed by atoms with Gasteiger partial charge in [-0.05, 0) is 26.2 Å². The fourth-order valence-electron chi connectivity index (χ4n) is 1.63. The largest absolute Gasteiger partial charge is 0.478 e. The summed E-state index contributed by atoms with van der Waals surface area (Å²) >= 11 is 0. The summed E-state index contributed by atoms with van der Waals surface area (Å²) in [6, 6.07) is 0. The molecule has 4 nitrogen and oxygen atoms in total. The second-order valence-corrected chi connectivity index (χ2v) is 3.98. The minimum Gasteiger partial charge on any atom is -0.478 e. The summed E-state index contributed by atoms with van der Waals surface area (Å²) in [5, 5.41) is 11.8. The van der Waals surface area contributed by atoms with Gasteiger partial charge in [0, 0.05) is 25.3 Å². The van der Waals surface area contributed by atoms with Crippen molar-refractivity contribution in [2.75, 3.05) is 19.7 Å². The Morgan fingerprint density at radius 3 is 2.93 bits per heavy atom. The van der Waals surface area contributed by atoms with Gasteiger partial charge >= 0.3 is 5.97 Å². The first-order valence-electron chi connectivity index (χ1n) is 5.33. The minimum atomic E-state index is -0.852. The third-order valence-corrected chi connectivity index (χ3v) is 2.83. The van der Waals surface area contributed by atoms with E-state index < -0.39 is 5.97 Å². The first-order valence-corrected chi connectivity index (χ1v) is 5.33. The first-order chi connectivity index (χ1) is 7.11. The van der Waals surface area contributed by atoms with Gasteiger partial charge in [-0.1, -0.05) is 6.08 Å². The van der Waals surface area contributed by atoms with E-state index in [1.165, 1.54) is 0 Å². The lowest BCUT2D eigenvalue weighted by molar-refractivity contribution is -0.132. The van der Waals surface area contributed by atoms with Crippen molar-refractivity contribution < 1.29 is 14.6 Å². The van der Waals surface area contributed by atoms with Gasteiger partial charge in [-0.15, -0.1) is 0 Å². The molecular formula is C11H19NO3. The van der Waals surface area contributed by atoms with Crippen LogP contribution in [0.5, 0.6) is 0 Å². The van der Waals surface area contributed by atoms with Crippen LogP contribution in [0.3, 0.4) is 0 Å². The van der Waals surface area contributed by atoms with Crippen LogP contribution < -0.4 is 5.32 Å². The van der Waals surface area contributed by atoms with E-state index in [-0.39, 0.29) is 0 Å². The van der Waals surface area contributed by atoms with E-state index >= 15 is 0 Å². The van der Waals surface area contributed by atoms with Gasteiger partial charge in [0.25, 0.3) is 0 Å². The lowest BCUT2D eigenvalue weighted by Crippen LogP contribution is -2.27. The van der Waals surface area contributed by atoms with Crippen LogP contribution in [0, 0.1) is 5.92 Å². The van der Waals surface area contributed by atoms with Gasteiger partial charge in [-0.25, -0.2) is 4.79 Å². The van der Waals surface area contributed by atoms with Gasteiger partial charge < -0.3 is 15.2 Å². The van der Waals surface area contributed by atoms with Crippen molar-refractivity contribution in [2.45, 2.75) is 26.4 Å². The van der Waals surface area contributed by atoms with Gasteiger partial charge in [-0.2, -0.15) is 0 Å². The van der Waals surface area contributed by atoms with Crippen LogP contribution in [0.2, 0.25) is 0 Å². The fraction of sp³-hybridized carbons (Fsp3) is 0.727. The molecule has 0 aliphatic carbocycles. The lowest BCUT2D eigenvalue weighted by atomic mass is 10.0. The predicted molar refractivity (Wildman–Crippen MR) is 57.8 cm³/mol. The van der Waals surface area contributed by atoms with E-state index in [2.05, 4.69) is 12.2 Å². The van der Waals surface area contributed by atoms with Crippen LogP contribution in [-0.2, 0) is 9.53 Å². The van der Waals surface area contributed by atoms with Gasteiger partial charge in [-0.3, -0.25) is 0 Å². The normalized spacial score (nSPS) is 26.9. The van der Waals surface area contributed by atoms with E-state index in [0.29, 0.717) is 24.1 Å². The van der Waals surface area contributed by atoms with Crippen LogP contribution in [-0.4, -0.2) is 36.9 Å². The zero-order valence-electron chi connectivity index (χ0n) is 9.32. The number of rotatable bonds is 5. The van der Waals surface area contributed by atoms with Gasteiger partial charge in [0.05, 0.1) is 6.10 Å². The molecule has 0 aromatic rings. The second kappa shape index (κ2) is 5.88. The molecule has 0 spiro atoms. The summed E-state index contributed by atoms with van der Waals surface area (Å²) in [6.07, 6.45) is 3.11. The number of nitrogens with one attached hydrogen (secondary N) is 1. The predicted octanol–water partition coefficient (Wildman–Crippen LogP) is 1.03. The zero-order valence-corrected chi connectivity index (χ0v) is 9.32. The van der Waals surface area contributed by atoms with Gasteiger partial charge in [0.1, 0.15) is 0 Å². The number of hydrogen-bond acceptors (Lipinski definition) is 3. The van der Waals surface area contributed by atoms with Crippen LogP contribution in [0.15, 0.2) is 11.6 Å². The summed E-state index contributed by atoms with van der Waals surface area (Å²) < 4.78 is 5.43. The summed E-state index contributed by atoms with van der Waals surface area (Å²) in [5.74, 6) is -0.294. The molecule has 0 amide bonds. The Labute approximate surface area is 90.3 Å². The smallest absolute Gasteiger partial charge is 0.330 e. The molecule has 4 heteroatoms. The maximum atomic E-state index is 10.5. The Hall–Kier alpha value is -0.870. The van der Waals surface area contributed by atoms with Crippen molar-refractivity contribution in [3.63, 3.8) is 0 Å². The number of aliphatic carboxylic acids is 1. The Morgan fingerprint density at radius 1 is 1.67 bits per heavy atom. The number of carboxylic acid groups (broad SMARTS) is 1. The second-order valence-electron chi connectivity index (χ2n) is 3.98. The van der Waals surface area contributed by atoms with Crippen molar-refractivity contribution >= 4 is 5.97 Å². The molecular weight excluding hydrogens is 194 g/mol. The highest BCUT2D eigenvalue weighted by Crippen LogP contribution is 2.18. The van der Waals surface area contributed by atoms with Crippen LogP contribution in [0.25, 0.3) is 0 Å². The van der Waals surface area contributed by atoms with Crippen LogP contribution in [0.4, 0.5) is 0 Å². The SMILES string of the molecule is C/C(=C/CNCC1CCOC1C)C(=O)O. The quantitative estimate of drug-likeness (QED) is 0.529. The van der Waals surface area contributed by atoms with E-state index in [0.717, 1.165) is 19.6 Å². The summed E-state index contributed by atoms with van der Waals surface area (Å²) in [4.78, 5) is 10.5. The van der Waals surface area contributed by atoms with E-state index in [4.69, 9.17) is 9.84 Å². The molecule has 15 heavy (non-hydrogen) atoms. The lowest BCUT2D eigenvalue weighted by Gasteiger charge is -2.13. The number of carbonyl (C=O) groups is 1. The molecule has 0 aromatic carbocycles. The number of carboxylic acids is 1. The molecule has 2 N–H and O–H groups in total. The summed E-state index contributed by atoms with van der Waals surface area (Å²) in [6.45, 7) is 6.03. The van der Waals surface area contributed by atoms with Crippen molar-refractivity contribution in [3.05, 3.63) is 11.6 Å². The fourth-order valence-corrected chi connectivity index (χ4v) is 1.63. The minimum absolute atomic E-state index is 0.321. The van der Waals surface area contributed by atoms with E-state index in [9.17, 15) is 4.79 Å². The Balaban J connectivity index is 2.16.